The molecule has 0 unspecified atom stereocenters. The molecular formula is C22H28OSSi. The van der Waals surface area contributed by atoms with Gasteiger partial charge < -0.3 is 0 Å². The van der Waals surface area contributed by atoms with Crippen molar-refractivity contribution in [3.8, 4) is 0 Å². The summed E-state index contributed by atoms with van der Waals surface area (Å²) in [6, 6.07) is 23.7. The highest BCUT2D eigenvalue weighted by Gasteiger charge is 2.32. The van der Waals surface area contributed by atoms with Crippen molar-refractivity contribution in [3.05, 3.63) is 82.4 Å². The molecule has 0 aliphatic carbocycles. The third kappa shape index (κ3) is 5.19. The maximum absolute atomic E-state index is 12.8. The molecule has 25 heavy (non-hydrogen) atoms. The van der Waals surface area contributed by atoms with E-state index in [4.69, 9.17) is 0 Å². The molecule has 0 saturated heterocycles. The quantitative estimate of drug-likeness (QED) is 0.277. The van der Waals surface area contributed by atoms with Gasteiger partial charge >= 0.3 is 0 Å². The van der Waals surface area contributed by atoms with Crippen LogP contribution in [0.2, 0.25) is 18.1 Å². The molecule has 0 aromatic heterocycles. The number of carbonyl (C=O) groups is 1. The highest BCUT2D eigenvalue weighted by molar-refractivity contribution is 8.04. The van der Waals surface area contributed by atoms with Crippen LogP contribution < -0.4 is 0 Å². The highest BCUT2D eigenvalue weighted by atomic mass is 32.2. The molecule has 0 radical (unpaired) electrons. The fourth-order valence-corrected chi connectivity index (χ4v) is 9.59. The third-order valence-electron chi connectivity index (χ3n) is 5.11. The molecule has 0 heterocycles. The Hall–Kier alpha value is -1.58. The summed E-state index contributed by atoms with van der Waals surface area (Å²) in [5.41, 5.74) is 2.10. The molecule has 132 valence electrons. The Bertz CT molecular complexity index is 682. The van der Waals surface area contributed by atoms with E-state index in [9.17, 15) is 4.79 Å². The summed E-state index contributed by atoms with van der Waals surface area (Å²) in [5, 5.41) is 0. The summed E-state index contributed by atoms with van der Waals surface area (Å²) in [4.78, 5) is 12.8. The minimum atomic E-state index is -1.59. The molecule has 0 aliphatic rings. The smallest absolute Gasteiger partial charge is 0.186 e. The fourth-order valence-electron chi connectivity index (χ4n) is 3.16. The zero-order valence-corrected chi connectivity index (χ0v) is 17.3. The van der Waals surface area contributed by atoms with Gasteiger partial charge in [-0.15, -0.1) is 11.8 Å². The lowest BCUT2D eigenvalue weighted by atomic mass is 10.1. The molecule has 0 aliphatic heterocycles. The molecule has 0 amide bonds. The second kappa shape index (κ2) is 9.78. The summed E-state index contributed by atoms with van der Waals surface area (Å²) in [7, 11) is -1.59. The molecule has 0 saturated carbocycles. The Morgan fingerprint density at radius 3 is 1.92 bits per heavy atom. The van der Waals surface area contributed by atoms with Crippen LogP contribution in [0, 0.1) is 0 Å². The Labute approximate surface area is 157 Å². The van der Waals surface area contributed by atoms with Crippen LogP contribution in [0.25, 0.3) is 0 Å². The molecule has 0 N–H and O–H groups in total. The third-order valence-corrected chi connectivity index (χ3v) is 13.0. The van der Waals surface area contributed by atoms with E-state index >= 15 is 0 Å². The number of thioether (sulfide) groups is 1. The normalized spacial score (nSPS) is 12.2. The SMILES string of the molecule is CC[Si](CC)(CC)/C(=C/C(=O)c1ccccc1)SCc1ccccc1. The van der Waals surface area contributed by atoms with Crippen molar-refractivity contribution in [2.24, 2.45) is 0 Å². The second-order valence-electron chi connectivity index (χ2n) is 6.35. The molecular weight excluding hydrogens is 340 g/mol. The van der Waals surface area contributed by atoms with E-state index in [2.05, 4.69) is 45.0 Å². The van der Waals surface area contributed by atoms with E-state index in [1.807, 2.05) is 54.2 Å². The Kier molecular flexibility index (Phi) is 7.73. The fraction of sp³-hybridized carbons (Fsp3) is 0.318. The number of ketones is 1. The molecule has 0 bridgehead atoms. The molecule has 3 heteroatoms. The lowest BCUT2D eigenvalue weighted by molar-refractivity contribution is 0.104. The standard InChI is InChI=1S/C22H28OSSi/c1-4-25(5-2,6-3)22(24-18-19-13-9-7-10-14-19)17-21(23)20-15-11-8-12-16-20/h7-17H,4-6,18H2,1-3H3/b22-17+. The van der Waals surface area contributed by atoms with Crippen LogP contribution in [0.3, 0.4) is 0 Å². The van der Waals surface area contributed by atoms with Crippen LogP contribution in [0.1, 0.15) is 36.7 Å². The van der Waals surface area contributed by atoms with Crippen molar-refractivity contribution < 1.29 is 4.79 Å². The van der Waals surface area contributed by atoms with Gasteiger partial charge in [0.15, 0.2) is 5.78 Å². The average Bonchev–Trinajstić information content (AvgIpc) is 2.69. The van der Waals surface area contributed by atoms with Crippen LogP contribution >= 0.6 is 11.8 Å². The van der Waals surface area contributed by atoms with Gasteiger partial charge in [-0.3, -0.25) is 4.79 Å². The van der Waals surface area contributed by atoms with E-state index in [0.717, 1.165) is 11.3 Å². The van der Waals surface area contributed by atoms with E-state index in [0.29, 0.717) is 0 Å². The monoisotopic (exact) mass is 368 g/mol. The van der Waals surface area contributed by atoms with Gasteiger partial charge in [0.2, 0.25) is 0 Å². The number of benzene rings is 2. The maximum Gasteiger partial charge on any atom is 0.186 e. The summed E-state index contributed by atoms with van der Waals surface area (Å²) in [6.07, 6.45) is 1.95. The van der Waals surface area contributed by atoms with E-state index in [1.165, 1.54) is 28.2 Å². The van der Waals surface area contributed by atoms with Crippen LogP contribution in [0.5, 0.6) is 0 Å². The first kappa shape index (κ1) is 19.7. The molecule has 1 nitrogen and oxygen atoms in total. The van der Waals surface area contributed by atoms with Gasteiger partial charge in [-0.05, 0) is 16.2 Å². The molecule has 0 spiro atoms. The maximum atomic E-state index is 12.8. The lowest BCUT2D eigenvalue weighted by Gasteiger charge is -2.31. The summed E-state index contributed by atoms with van der Waals surface area (Å²) >= 11 is 1.88. The number of carbonyl (C=O) groups excluding carboxylic acids is 1. The van der Waals surface area contributed by atoms with Crippen molar-refractivity contribution in [2.45, 2.75) is 44.7 Å². The van der Waals surface area contributed by atoms with Crippen molar-refractivity contribution in [1.29, 1.82) is 0 Å². The van der Waals surface area contributed by atoms with Gasteiger partial charge in [0.25, 0.3) is 0 Å². The van der Waals surface area contributed by atoms with Crippen molar-refractivity contribution in [3.63, 3.8) is 0 Å². The average molecular weight is 369 g/mol. The van der Waals surface area contributed by atoms with Crippen molar-refractivity contribution in [1.82, 2.24) is 0 Å². The topological polar surface area (TPSA) is 17.1 Å². The number of allylic oxidation sites excluding steroid dienone is 1. The minimum absolute atomic E-state index is 0.142. The summed E-state index contributed by atoms with van der Waals surface area (Å²) in [5.74, 6) is 1.08. The number of hydrogen-bond donors (Lipinski definition) is 0. The molecule has 0 atom stereocenters. The Balaban J connectivity index is 2.31. The van der Waals surface area contributed by atoms with Crippen molar-refractivity contribution >= 4 is 25.6 Å². The number of rotatable bonds is 9. The summed E-state index contributed by atoms with van der Waals surface area (Å²) in [6.45, 7) is 6.88. The van der Waals surface area contributed by atoms with Crippen LogP contribution in [0.4, 0.5) is 0 Å². The van der Waals surface area contributed by atoms with Crippen LogP contribution in [0.15, 0.2) is 71.3 Å². The number of hydrogen-bond acceptors (Lipinski definition) is 2. The highest BCUT2D eigenvalue weighted by Crippen LogP contribution is 2.37. The predicted octanol–water partition coefficient (Wildman–Crippen LogP) is 6.73. The summed E-state index contributed by atoms with van der Waals surface area (Å²) < 4.78 is 1.36. The lowest BCUT2D eigenvalue weighted by Crippen LogP contribution is -2.34. The van der Waals surface area contributed by atoms with E-state index in [1.54, 1.807) is 0 Å². The Morgan fingerprint density at radius 1 is 0.880 bits per heavy atom. The first-order valence-electron chi connectivity index (χ1n) is 9.13. The molecule has 2 aromatic carbocycles. The van der Waals surface area contributed by atoms with Crippen molar-refractivity contribution in [2.75, 3.05) is 0 Å². The van der Waals surface area contributed by atoms with Gasteiger partial charge in [-0.2, -0.15) is 0 Å². The van der Waals surface area contributed by atoms with E-state index in [-0.39, 0.29) is 5.78 Å². The molecule has 2 aromatic rings. The van der Waals surface area contributed by atoms with Crippen LogP contribution in [-0.2, 0) is 5.75 Å². The molecule has 2 rings (SSSR count). The first-order valence-corrected chi connectivity index (χ1v) is 12.7. The Morgan fingerprint density at radius 2 is 1.40 bits per heavy atom. The van der Waals surface area contributed by atoms with Gasteiger partial charge in [-0.1, -0.05) is 99.6 Å². The zero-order valence-electron chi connectivity index (χ0n) is 15.5. The minimum Gasteiger partial charge on any atom is -0.289 e. The largest absolute Gasteiger partial charge is 0.289 e. The van der Waals surface area contributed by atoms with Gasteiger partial charge in [-0.25, -0.2) is 0 Å². The molecule has 0 fully saturated rings. The zero-order chi connectivity index (χ0) is 18.1. The van der Waals surface area contributed by atoms with Crippen LogP contribution in [-0.4, -0.2) is 13.9 Å². The predicted molar refractivity (Wildman–Crippen MR) is 114 cm³/mol. The van der Waals surface area contributed by atoms with Gasteiger partial charge in [0, 0.05) is 11.3 Å². The van der Waals surface area contributed by atoms with Gasteiger partial charge in [0.1, 0.15) is 0 Å². The van der Waals surface area contributed by atoms with E-state index < -0.39 is 8.07 Å². The van der Waals surface area contributed by atoms with Gasteiger partial charge in [0.05, 0.1) is 8.07 Å². The second-order valence-corrected chi connectivity index (χ2v) is 13.0. The first-order chi connectivity index (χ1) is 12.1.